The third-order valence-corrected chi connectivity index (χ3v) is 2.63. The van der Waals surface area contributed by atoms with Crippen LogP contribution < -0.4 is 5.32 Å². The van der Waals surface area contributed by atoms with Gasteiger partial charge in [0.2, 0.25) is 5.91 Å². The van der Waals surface area contributed by atoms with Crippen molar-refractivity contribution >= 4 is 24.8 Å². The fourth-order valence-corrected chi connectivity index (χ4v) is 1.43. The molecule has 0 bridgehead atoms. The molecule has 0 aromatic heterocycles. The number of carbonyl (C=O) groups excluding carboxylic acids is 2. The highest BCUT2D eigenvalue weighted by atomic mass is 32.1. The Hall–Kier alpha value is -0.550. The second kappa shape index (κ2) is 17.4. The molecule has 0 radical (unpaired) electrons. The molecular formula is C14H30N2O2S. The topological polar surface area (TPSA) is 49.4 Å². The molecule has 0 aromatic rings. The van der Waals surface area contributed by atoms with E-state index in [2.05, 4.69) is 36.8 Å². The predicted octanol–water partition coefficient (Wildman–Crippen LogP) is 2.14. The molecule has 1 N–H and O–H groups in total. The van der Waals surface area contributed by atoms with Gasteiger partial charge < -0.3 is 15.0 Å². The van der Waals surface area contributed by atoms with Gasteiger partial charge in [0.15, 0.2) is 0 Å². The van der Waals surface area contributed by atoms with Crippen molar-refractivity contribution in [1.82, 2.24) is 10.2 Å². The summed E-state index contributed by atoms with van der Waals surface area (Å²) < 4.78 is 0. The maximum atomic E-state index is 11.1. The van der Waals surface area contributed by atoms with Gasteiger partial charge in [-0.15, -0.1) is 0 Å². The molecule has 0 saturated carbocycles. The van der Waals surface area contributed by atoms with E-state index in [9.17, 15) is 4.79 Å². The molecule has 4 nitrogen and oxygen atoms in total. The minimum Gasteiger partial charge on any atom is -0.356 e. The molecule has 114 valence electrons. The Morgan fingerprint density at radius 2 is 1.79 bits per heavy atom. The van der Waals surface area contributed by atoms with Crippen molar-refractivity contribution in [3.8, 4) is 0 Å². The number of rotatable bonds is 10. The van der Waals surface area contributed by atoms with E-state index in [1.54, 1.807) is 0 Å². The normalized spacial score (nSPS) is 9.74. The Balaban J connectivity index is 0. The lowest BCUT2D eigenvalue weighted by Gasteiger charge is -2.15. The zero-order valence-corrected chi connectivity index (χ0v) is 13.5. The molecule has 0 aromatic carbocycles. The average Bonchev–Trinajstić information content (AvgIpc) is 2.42. The van der Waals surface area contributed by atoms with Crippen LogP contribution in [0.15, 0.2) is 0 Å². The van der Waals surface area contributed by atoms with E-state index < -0.39 is 0 Å². The van der Waals surface area contributed by atoms with Crippen LogP contribution in [0.2, 0.25) is 0 Å². The molecule has 0 aliphatic heterocycles. The van der Waals surface area contributed by atoms with Gasteiger partial charge in [0.25, 0.3) is 0 Å². The van der Waals surface area contributed by atoms with E-state index in [-0.39, 0.29) is 5.91 Å². The number of unbranched alkanes of at least 4 members (excludes halogenated alkanes) is 1. The van der Waals surface area contributed by atoms with Crippen molar-refractivity contribution in [2.45, 2.75) is 46.0 Å². The molecule has 5 heteroatoms. The number of nitrogens with zero attached hydrogens (tertiary/aromatic N) is 1. The summed E-state index contributed by atoms with van der Waals surface area (Å²) in [7, 11) is 2.14. The quantitative estimate of drug-likeness (QED) is 0.368. The van der Waals surface area contributed by atoms with Crippen LogP contribution in [0.3, 0.4) is 0 Å². The highest BCUT2D eigenvalue weighted by Gasteiger charge is 1.99. The number of nitrogens with one attached hydrogen (secondary N) is 1. The Kier molecular flexibility index (Phi) is 19.1. The molecular weight excluding hydrogens is 260 g/mol. The first-order valence-electron chi connectivity index (χ1n) is 7.12. The average molecular weight is 290 g/mol. The van der Waals surface area contributed by atoms with Gasteiger partial charge >= 0.3 is 0 Å². The van der Waals surface area contributed by atoms with Gasteiger partial charge in [-0.05, 0) is 39.4 Å². The second-order valence-corrected chi connectivity index (χ2v) is 4.82. The van der Waals surface area contributed by atoms with Gasteiger partial charge in [-0.3, -0.25) is 4.79 Å². The summed E-state index contributed by atoms with van der Waals surface area (Å²) in [5, 5.41) is 2.93. The summed E-state index contributed by atoms with van der Waals surface area (Å²) in [5.74, 6) is 0.522. The van der Waals surface area contributed by atoms with E-state index in [1.165, 1.54) is 19.4 Å². The van der Waals surface area contributed by atoms with Crippen molar-refractivity contribution < 1.29 is 9.59 Å². The third-order valence-electron chi connectivity index (χ3n) is 2.48. The standard InChI is InChI=1S/C12H26N2O.C2H4OS/c1-4-6-10-14(3)11-7-9-13-12(15)8-5-2;3-1-2-4/h4-11H2,1-3H3,(H,13,15);1,4H,2H2. The highest BCUT2D eigenvalue weighted by molar-refractivity contribution is 7.80. The minimum atomic E-state index is 0.189. The first-order chi connectivity index (χ1) is 9.12. The summed E-state index contributed by atoms with van der Waals surface area (Å²) in [6, 6.07) is 0. The summed E-state index contributed by atoms with van der Waals surface area (Å²) in [6.45, 7) is 7.29. The molecule has 1 amide bonds. The van der Waals surface area contributed by atoms with Gasteiger partial charge in [0, 0.05) is 18.7 Å². The maximum Gasteiger partial charge on any atom is 0.219 e. The van der Waals surface area contributed by atoms with Gasteiger partial charge in [-0.1, -0.05) is 20.3 Å². The molecule has 0 spiro atoms. The van der Waals surface area contributed by atoms with Crippen LogP contribution in [0.25, 0.3) is 0 Å². The predicted molar refractivity (Wildman–Crippen MR) is 84.9 cm³/mol. The monoisotopic (exact) mass is 290 g/mol. The second-order valence-electron chi connectivity index (χ2n) is 4.46. The fraction of sp³-hybridized carbons (Fsp3) is 0.857. The third kappa shape index (κ3) is 19.9. The molecule has 0 saturated heterocycles. The Labute approximate surface area is 123 Å². The number of hydrogen-bond donors (Lipinski definition) is 2. The summed E-state index contributed by atoms with van der Waals surface area (Å²) in [6.07, 6.45) is 5.89. The van der Waals surface area contributed by atoms with Crippen molar-refractivity contribution in [2.75, 3.05) is 32.4 Å². The van der Waals surface area contributed by atoms with E-state index in [0.29, 0.717) is 12.2 Å². The van der Waals surface area contributed by atoms with Gasteiger partial charge in [0.1, 0.15) is 6.29 Å². The van der Waals surface area contributed by atoms with Crippen LogP contribution in [-0.4, -0.2) is 49.5 Å². The van der Waals surface area contributed by atoms with Gasteiger partial charge in [0.05, 0.1) is 0 Å². The zero-order chi connectivity index (χ0) is 14.9. The molecule has 0 aliphatic rings. The first kappa shape index (κ1) is 20.8. The molecule has 0 unspecified atom stereocenters. The SMILES string of the molecule is CCCCN(C)CCCNC(=O)CCC.O=CCS. The zero-order valence-electron chi connectivity index (χ0n) is 12.7. The van der Waals surface area contributed by atoms with Crippen molar-refractivity contribution in [2.24, 2.45) is 0 Å². The van der Waals surface area contributed by atoms with Gasteiger partial charge in [-0.25, -0.2) is 0 Å². The Morgan fingerprint density at radius 3 is 2.26 bits per heavy atom. The number of aldehydes is 1. The first-order valence-corrected chi connectivity index (χ1v) is 7.75. The summed E-state index contributed by atoms with van der Waals surface area (Å²) in [4.78, 5) is 22.6. The molecule has 0 atom stereocenters. The molecule has 0 aliphatic carbocycles. The highest BCUT2D eigenvalue weighted by Crippen LogP contribution is 1.93. The smallest absolute Gasteiger partial charge is 0.219 e. The molecule has 19 heavy (non-hydrogen) atoms. The van der Waals surface area contributed by atoms with Crippen LogP contribution in [0.4, 0.5) is 0 Å². The van der Waals surface area contributed by atoms with Crippen LogP contribution >= 0.6 is 12.6 Å². The van der Waals surface area contributed by atoms with Crippen molar-refractivity contribution in [1.29, 1.82) is 0 Å². The van der Waals surface area contributed by atoms with Crippen LogP contribution in [0, 0.1) is 0 Å². The lowest BCUT2D eigenvalue weighted by molar-refractivity contribution is -0.121. The summed E-state index contributed by atoms with van der Waals surface area (Å²) >= 11 is 3.55. The van der Waals surface area contributed by atoms with Crippen LogP contribution in [0.5, 0.6) is 0 Å². The largest absolute Gasteiger partial charge is 0.356 e. The van der Waals surface area contributed by atoms with Gasteiger partial charge in [-0.2, -0.15) is 12.6 Å². The molecule has 0 rings (SSSR count). The Bertz CT molecular complexity index is 214. The van der Waals surface area contributed by atoms with Crippen molar-refractivity contribution in [3.05, 3.63) is 0 Å². The number of amides is 1. The van der Waals surface area contributed by atoms with E-state index in [0.717, 1.165) is 32.2 Å². The molecule has 0 fully saturated rings. The number of hydrogen-bond acceptors (Lipinski definition) is 4. The van der Waals surface area contributed by atoms with Crippen molar-refractivity contribution in [3.63, 3.8) is 0 Å². The van der Waals surface area contributed by atoms with Crippen LogP contribution in [0.1, 0.15) is 46.0 Å². The fourth-order valence-electron chi connectivity index (χ4n) is 1.43. The molecule has 0 heterocycles. The van der Waals surface area contributed by atoms with E-state index in [1.807, 2.05) is 6.92 Å². The summed E-state index contributed by atoms with van der Waals surface area (Å²) in [5.41, 5.74) is 0. The number of carbonyl (C=O) groups is 2. The Morgan fingerprint density at radius 1 is 1.21 bits per heavy atom. The van der Waals surface area contributed by atoms with E-state index in [4.69, 9.17) is 4.79 Å². The maximum absolute atomic E-state index is 11.1. The minimum absolute atomic E-state index is 0.189. The number of thiol groups is 1. The van der Waals surface area contributed by atoms with Crippen LogP contribution in [-0.2, 0) is 9.59 Å². The lowest BCUT2D eigenvalue weighted by atomic mass is 10.3. The van der Waals surface area contributed by atoms with E-state index >= 15 is 0 Å². The lowest BCUT2D eigenvalue weighted by Crippen LogP contribution is -2.28.